The van der Waals surface area contributed by atoms with Crippen LogP contribution in [0, 0.1) is 74.8 Å². The molecule has 10 radical (unpaired) electrons. The van der Waals surface area contributed by atoms with Crippen molar-refractivity contribution in [2.75, 3.05) is 0 Å². The molecule has 0 atom stereocenters. The third-order valence-electron chi connectivity index (χ3n) is 9.36. The molecule has 0 amide bonds. The zero-order valence-corrected chi connectivity index (χ0v) is 29.1. The zero-order valence-electron chi connectivity index (χ0n) is 27.1. The van der Waals surface area contributed by atoms with E-state index in [0.29, 0.717) is 17.8 Å². The van der Waals surface area contributed by atoms with E-state index in [-0.39, 0.29) is 23.0 Å². The number of esters is 1. The Bertz CT molecular complexity index is 1100. The quantitative estimate of drug-likeness (QED) is 0.103. The second-order valence-corrected chi connectivity index (χ2v) is 15.0. The van der Waals surface area contributed by atoms with Crippen LogP contribution < -0.4 is 10.6 Å². The van der Waals surface area contributed by atoms with Crippen molar-refractivity contribution in [2.45, 2.75) is 83.2 Å². The van der Waals surface area contributed by atoms with E-state index in [4.69, 9.17) is 4.74 Å². The number of ether oxygens (including phenoxy) is 1. The fraction of sp³-hybridized carbons (Fsp3) is 0.357. The monoisotopic (exact) mass is 672 g/mol. The van der Waals surface area contributed by atoms with Gasteiger partial charge in [0.25, 0.3) is 0 Å². The summed E-state index contributed by atoms with van der Waals surface area (Å²) in [5, 5.41) is 2.45. The largest absolute Gasteiger partial charge is 2.00 e. The maximum absolute atomic E-state index is 14.0. The van der Waals surface area contributed by atoms with Gasteiger partial charge in [0.1, 0.15) is 12.0 Å². The Labute approximate surface area is 292 Å². The Morgan fingerprint density at radius 3 is 1.52 bits per heavy atom. The molecule has 4 saturated carbocycles. The topological polar surface area (TPSA) is 26.3 Å². The SMILES string of the molecule is C=C(CC1CCCCC1)C(OC(=O)[C]1[CH][CH][CH][C]1P(c1ccccc1)c1ccccc1)C(=C)CC1CCCCC1.[CH]1[CH][CH][CH][CH]1.[Fe+2]. The first-order valence-corrected chi connectivity index (χ1v) is 18.3. The average Bonchev–Trinajstić information content (AvgIpc) is 3.82. The summed E-state index contributed by atoms with van der Waals surface area (Å²) in [6.07, 6.45) is 30.3. The normalized spacial score (nSPS) is 19.8. The van der Waals surface area contributed by atoms with Gasteiger partial charge in [0.05, 0.1) is 0 Å². The van der Waals surface area contributed by atoms with Crippen molar-refractivity contribution in [3.8, 4) is 0 Å². The molecule has 2 aromatic carbocycles. The van der Waals surface area contributed by atoms with Crippen LogP contribution in [-0.4, -0.2) is 12.1 Å². The van der Waals surface area contributed by atoms with E-state index in [0.717, 1.165) is 29.6 Å². The first kappa shape index (κ1) is 37.2. The Balaban J connectivity index is 0.000000731. The summed E-state index contributed by atoms with van der Waals surface area (Å²) >= 11 is 0. The van der Waals surface area contributed by atoms with Gasteiger partial charge in [-0.3, -0.25) is 4.79 Å². The summed E-state index contributed by atoms with van der Waals surface area (Å²) in [7, 11) is -0.891. The minimum atomic E-state index is -0.891. The van der Waals surface area contributed by atoms with Gasteiger partial charge in [0.15, 0.2) is 0 Å². The fourth-order valence-corrected chi connectivity index (χ4v) is 9.48. The van der Waals surface area contributed by atoms with Gasteiger partial charge in [0.2, 0.25) is 0 Å². The average molecular weight is 673 g/mol. The number of hydrogen-bond acceptors (Lipinski definition) is 2. The molecule has 2 aromatic rings. The fourth-order valence-electron chi connectivity index (χ4n) is 7.04. The van der Waals surface area contributed by atoms with Gasteiger partial charge in [-0.05, 0) is 106 Å². The molecule has 4 aliphatic rings. The van der Waals surface area contributed by atoms with Crippen LogP contribution in [0.4, 0.5) is 0 Å². The first-order chi connectivity index (χ1) is 22.1. The first-order valence-electron chi connectivity index (χ1n) is 17.0. The third kappa shape index (κ3) is 10.9. The molecule has 0 aromatic heterocycles. The van der Waals surface area contributed by atoms with Crippen molar-refractivity contribution < 1.29 is 26.6 Å². The molecule has 4 fully saturated rings. The van der Waals surface area contributed by atoms with Crippen molar-refractivity contribution >= 4 is 24.5 Å². The molecule has 0 unspecified atom stereocenters. The van der Waals surface area contributed by atoms with Crippen molar-refractivity contribution in [1.82, 2.24) is 0 Å². The van der Waals surface area contributed by atoms with E-state index in [1.165, 1.54) is 74.8 Å². The zero-order chi connectivity index (χ0) is 31.3. The molecular weight excluding hydrogens is 623 g/mol. The maximum Gasteiger partial charge on any atom is 2.00 e. The van der Waals surface area contributed by atoms with Gasteiger partial charge < -0.3 is 4.74 Å². The van der Waals surface area contributed by atoms with Crippen LogP contribution in [0.3, 0.4) is 0 Å². The molecular formula is C42H49FeO2P+2. The molecule has 240 valence electrons. The Morgan fingerprint density at radius 2 is 1.09 bits per heavy atom. The van der Waals surface area contributed by atoms with Crippen LogP contribution in [-0.2, 0) is 26.6 Å². The van der Waals surface area contributed by atoms with Crippen LogP contribution in [0.5, 0.6) is 0 Å². The van der Waals surface area contributed by atoms with Gasteiger partial charge in [-0.15, -0.1) is 0 Å². The van der Waals surface area contributed by atoms with Gasteiger partial charge in [-0.1, -0.05) is 138 Å². The van der Waals surface area contributed by atoms with Crippen LogP contribution in [0.2, 0.25) is 0 Å². The summed E-state index contributed by atoms with van der Waals surface area (Å²) in [6, 6.07) is 21.1. The molecule has 4 heteroatoms. The predicted octanol–water partition coefficient (Wildman–Crippen LogP) is 9.84. The second kappa shape index (κ2) is 20.0. The molecule has 4 aliphatic carbocycles. The van der Waals surface area contributed by atoms with Crippen LogP contribution in [0.15, 0.2) is 85.0 Å². The number of rotatable bonds is 11. The van der Waals surface area contributed by atoms with E-state index >= 15 is 0 Å². The molecule has 0 heterocycles. The number of hydrogen-bond donors (Lipinski definition) is 0. The standard InChI is InChI=1S/C37H44O2P.C5H5.Fe/c1-28(26-30-16-7-3-8-17-30)36(29(2)27-31-18-9-4-10-19-31)39-37(38)34-24-15-25-35(34)40(32-20-11-5-12-21-32)33-22-13-6-14-23-33;1-2-4-5-3-1;/h5-6,11-15,20-25,30-31,36H,1-4,7-10,16-19,26-27H2;1-5H;/q;;+2. The van der Waals surface area contributed by atoms with Crippen molar-refractivity contribution in [2.24, 2.45) is 11.8 Å². The summed E-state index contributed by atoms with van der Waals surface area (Å²) in [6.45, 7) is 9.03. The molecule has 6 rings (SSSR count). The molecule has 0 N–H and O–H groups in total. The minimum Gasteiger partial charge on any atom is -0.453 e. The van der Waals surface area contributed by atoms with E-state index in [1.54, 1.807) is 0 Å². The van der Waals surface area contributed by atoms with Crippen molar-refractivity contribution in [3.63, 3.8) is 0 Å². The van der Waals surface area contributed by atoms with Crippen LogP contribution in [0.1, 0.15) is 77.0 Å². The van der Waals surface area contributed by atoms with Crippen LogP contribution in [0.25, 0.3) is 0 Å². The van der Waals surface area contributed by atoms with Gasteiger partial charge in [-0.2, -0.15) is 0 Å². The smallest absolute Gasteiger partial charge is 0.453 e. The molecule has 46 heavy (non-hydrogen) atoms. The maximum atomic E-state index is 14.0. The number of carbonyl (C=O) groups excluding carboxylic acids is 1. The van der Waals surface area contributed by atoms with Gasteiger partial charge >= 0.3 is 23.0 Å². The molecule has 0 saturated heterocycles. The summed E-state index contributed by atoms with van der Waals surface area (Å²) in [5.41, 5.74) is 3.11. The van der Waals surface area contributed by atoms with Gasteiger partial charge in [0, 0.05) is 5.66 Å². The number of benzene rings is 2. The van der Waals surface area contributed by atoms with Crippen molar-refractivity contribution in [1.29, 1.82) is 0 Å². The molecule has 0 aliphatic heterocycles. The van der Waals surface area contributed by atoms with E-state index in [1.807, 2.05) is 57.1 Å². The molecule has 0 spiro atoms. The predicted molar refractivity (Wildman–Crippen MR) is 191 cm³/mol. The van der Waals surface area contributed by atoms with Crippen molar-refractivity contribution in [3.05, 3.63) is 148 Å². The second-order valence-electron chi connectivity index (χ2n) is 12.8. The van der Waals surface area contributed by atoms with Crippen LogP contribution >= 0.6 is 7.92 Å². The molecule has 2 nitrogen and oxygen atoms in total. The number of carbonyl (C=O) groups is 1. The summed E-state index contributed by atoms with van der Waals surface area (Å²) in [5.74, 6) is 1.70. The molecule has 0 bridgehead atoms. The Morgan fingerprint density at radius 1 is 0.652 bits per heavy atom. The Kier molecular flexibility index (Phi) is 16.2. The third-order valence-corrected chi connectivity index (χ3v) is 11.9. The van der Waals surface area contributed by atoms with E-state index in [9.17, 15) is 4.79 Å². The van der Waals surface area contributed by atoms with Gasteiger partial charge in [-0.25, -0.2) is 0 Å². The van der Waals surface area contributed by atoms with E-state index in [2.05, 4.69) is 68.1 Å². The summed E-state index contributed by atoms with van der Waals surface area (Å²) < 4.78 is 6.44. The minimum absolute atomic E-state index is 0. The van der Waals surface area contributed by atoms with E-state index < -0.39 is 14.0 Å². The summed E-state index contributed by atoms with van der Waals surface area (Å²) in [4.78, 5) is 14.0. The Hall–Kier alpha value is -1.66.